The molecule has 4 atom stereocenters. The fraction of sp³-hybridized carbons (Fsp3) is 0.250. The van der Waals surface area contributed by atoms with Crippen molar-refractivity contribution in [3.05, 3.63) is 98.7 Å². The van der Waals surface area contributed by atoms with Gasteiger partial charge in [-0.2, -0.15) is 4.79 Å². The molecule has 0 radical (unpaired) electrons. The van der Waals surface area contributed by atoms with Crippen LogP contribution in [0.1, 0.15) is 44.1 Å². The number of aromatic nitrogens is 2. The molecule has 0 aliphatic carbocycles. The number of hydrogen-bond acceptors (Lipinski definition) is 8. The number of carbonyl (C=O) groups is 3. The highest BCUT2D eigenvalue weighted by Crippen LogP contribution is 2.47. The van der Waals surface area contributed by atoms with Crippen LogP contribution >= 0.6 is 22.9 Å². The van der Waals surface area contributed by atoms with E-state index >= 15 is 0 Å². The Morgan fingerprint density at radius 1 is 1.04 bits per heavy atom. The Labute approximate surface area is 299 Å². The number of H-pyrrole nitrogens is 2. The van der Waals surface area contributed by atoms with Crippen LogP contribution in [-0.2, 0) is 0 Å². The Hall–Kier alpha value is -5.28. The summed E-state index contributed by atoms with van der Waals surface area (Å²) >= 11 is 7.90. The minimum atomic E-state index is -1.09. The number of nitrogens with one attached hydrogen (secondary N) is 4. The maximum atomic E-state index is 14.4. The van der Waals surface area contributed by atoms with Gasteiger partial charge in [0.25, 0.3) is 11.6 Å². The first-order chi connectivity index (χ1) is 24.5. The van der Waals surface area contributed by atoms with Crippen molar-refractivity contribution in [2.75, 3.05) is 50.2 Å². The molecule has 2 aliphatic heterocycles. The lowest BCUT2D eigenvalue weighted by atomic mass is 9.90. The third-order valence-electron chi connectivity index (χ3n) is 10.5. The summed E-state index contributed by atoms with van der Waals surface area (Å²) in [5, 5.41) is 32.7. The van der Waals surface area contributed by atoms with Crippen LogP contribution in [0.5, 0.6) is 0 Å². The first-order valence-corrected chi connectivity index (χ1v) is 17.7. The van der Waals surface area contributed by atoms with Gasteiger partial charge in [0.15, 0.2) is 6.04 Å². The molecule has 51 heavy (non-hydrogen) atoms. The number of likely N-dealkylation sites (N-methyl/N-ethyl adjacent to an activating group) is 2. The average molecular weight is 727 g/mol. The Morgan fingerprint density at radius 3 is 2.51 bits per heavy atom. The molecule has 5 N–H and O–H groups in total. The van der Waals surface area contributed by atoms with Crippen LogP contribution in [-0.4, -0.2) is 92.8 Å². The van der Waals surface area contributed by atoms with E-state index in [-0.39, 0.29) is 35.3 Å². The summed E-state index contributed by atoms with van der Waals surface area (Å²) in [6.45, 7) is 1.40. The van der Waals surface area contributed by atoms with Gasteiger partial charge in [0.1, 0.15) is 11.7 Å². The summed E-state index contributed by atoms with van der Waals surface area (Å²) in [6, 6.07) is 15.4. The number of Topliss-reactive ketones (excluding diaryl/α,β-unsaturated/α-hetero) is 1. The van der Waals surface area contributed by atoms with E-state index in [2.05, 4.69) is 32.7 Å². The quantitative estimate of drug-likeness (QED) is 0.0380. The van der Waals surface area contributed by atoms with E-state index in [1.165, 1.54) is 12.1 Å². The summed E-state index contributed by atoms with van der Waals surface area (Å²) in [5.41, 5.74) is 5.15. The first kappa shape index (κ1) is 32.9. The van der Waals surface area contributed by atoms with Gasteiger partial charge in [-0.3, -0.25) is 24.6 Å². The number of nitro benzene ring substituents is 1. The smallest absolute Gasteiger partial charge is 0.435 e. The van der Waals surface area contributed by atoms with E-state index in [0.717, 1.165) is 26.9 Å². The van der Waals surface area contributed by atoms with Crippen molar-refractivity contribution in [2.45, 2.75) is 18.0 Å². The highest BCUT2D eigenvalue weighted by Gasteiger charge is 2.56. The van der Waals surface area contributed by atoms with E-state index in [1.807, 2.05) is 17.3 Å². The number of carboxylic acid groups (broad SMARTS) is 1. The fourth-order valence-corrected chi connectivity index (χ4v) is 9.01. The fourth-order valence-electron chi connectivity index (χ4n) is 7.77. The van der Waals surface area contributed by atoms with Gasteiger partial charge >= 0.3 is 6.09 Å². The zero-order chi connectivity index (χ0) is 35.8. The van der Waals surface area contributed by atoms with Crippen LogP contribution in [0, 0.1) is 10.1 Å². The number of hydrogen-bond donors (Lipinski definition) is 5. The number of benzene rings is 3. The van der Waals surface area contributed by atoms with Crippen LogP contribution in [0.4, 0.5) is 21.9 Å². The minimum absolute atomic E-state index is 0.0734. The molecular formula is C36H33ClN7O6S+. The maximum Gasteiger partial charge on any atom is 0.514 e. The van der Waals surface area contributed by atoms with Crippen molar-refractivity contribution in [1.29, 1.82) is 0 Å². The van der Waals surface area contributed by atoms with Crippen LogP contribution in [0.2, 0.25) is 0 Å². The lowest BCUT2D eigenvalue weighted by Gasteiger charge is -2.47. The molecule has 3 aromatic heterocycles. The molecule has 6 aromatic rings. The van der Waals surface area contributed by atoms with Gasteiger partial charge in [-0.25, -0.2) is 4.48 Å². The lowest BCUT2D eigenvalue weighted by Crippen LogP contribution is -2.68. The molecule has 1 saturated heterocycles. The third kappa shape index (κ3) is 5.33. The second-order valence-corrected chi connectivity index (χ2v) is 14.7. The molecule has 13 nitrogen and oxygen atoms in total. The lowest BCUT2D eigenvalue weighted by molar-refractivity contribution is -0.889. The number of ketones is 1. The number of non-ortho nitro benzene ring substituents is 1. The summed E-state index contributed by atoms with van der Waals surface area (Å²) in [7, 11) is 3.55. The van der Waals surface area contributed by atoms with Crippen LogP contribution in [0.3, 0.4) is 0 Å². The van der Waals surface area contributed by atoms with E-state index in [1.54, 1.807) is 54.8 Å². The topological polar surface area (TPSA) is 173 Å². The molecule has 3 aromatic carbocycles. The number of piperazine rings is 1. The highest BCUT2D eigenvalue weighted by molar-refractivity contribution is 7.17. The Balaban J connectivity index is 1.09. The number of quaternary nitrogens is 1. The predicted octanol–water partition coefficient (Wildman–Crippen LogP) is 7.13. The number of nitrogens with zero attached hydrogens (tertiary/aromatic N) is 3. The van der Waals surface area contributed by atoms with Crippen molar-refractivity contribution in [3.63, 3.8) is 0 Å². The Kier molecular flexibility index (Phi) is 7.87. The minimum Gasteiger partial charge on any atom is -0.435 e. The second-order valence-electron chi connectivity index (χ2n) is 13.5. The number of amides is 2. The van der Waals surface area contributed by atoms with Crippen molar-refractivity contribution >= 4 is 89.7 Å². The molecule has 0 bridgehead atoms. The molecule has 5 heterocycles. The SMILES string of the molecule is CN1CC(C(=O)c2cc3cc(NC(=O)c4cc5cc([N+](=O)[O-])ccc5[nH]4)ccc3[nH]2)[N+](C)(C(=O)O)C(c2cc3c(c4ccsc24)[C@@H](CCl)CN3)C1. The van der Waals surface area contributed by atoms with E-state index in [0.29, 0.717) is 46.5 Å². The number of anilines is 2. The second kappa shape index (κ2) is 12.2. The number of alkyl halides is 1. The van der Waals surface area contributed by atoms with Crippen molar-refractivity contribution in [1.82, 2.24) is 14.9 Å². The Bertz CT molecular complexity index is 2440. The van der Waals surface area contributed by atoms with Crippen molar-refractivity contribution in [2.24, 2.45) is 0 Å². The number of fused-ring (bicyclic) bond motifs is 5. The van der Waals surface area contributed by atoms with Gasteiger partial charge < -0.3 is 25.7 Å². The van der Waals surface area contributed by atoms with Gasteiger partial charge in [-0.05, 0) is 71.9 Å². The molecular weight excluding hydrogens is 694 g/mol. The predicted molar refractivity (Wildman–Crippen MR) is 198 cm³/mol. The van der Waals surface area contributed by atoms with Gasteiger partial charge in [0.05, 0.1) is 30.8 Å². The molecule has 15 heteroatoms. The van der Waals surface area contributed by atoms with Crippen molar-refractivity contribution in [3.8, 4) is 0 Å². The number of halogens is 1. The van der Waals surface area contributed by atoms with Crippen molar-refractivity contribution < 1.29 is 28.9 Å². The molecule has 8 rings (SSSR count). The number of carbonyl (C=O) groups excluding carboxylic acids is 2. The molecule has 3 unspecified atom stereocenters. The molecule has 0 saturated carbocycles. The molecule has 2 amide bonds. The zero-order valence-electron chi connectivity index (χ0n) is 27.5. The average Bonchev–Trinajstić information content (AvgIpc) is 3.92. The van der Waals surface area contributed by atoms with Gasteiger partial charge in [0.2, 0.25) is 5.78 Å². The highest BCUT2D eigenvalue weighted by atomic mass is 35.5. The standard InChI is InChI=1S/C36H32ClN7O6S/c1-42-16-30(24-13-27-32(20(14-37)15-38-27)23-7-8-51-34(23)24)44(2,36(47)48)31(17-42)33(45)28-11-18-9-21(3-5-25(18)40-28)39-35(46)29-12-19-10-22(43(49)50)4-6-26(19)41-29/h3-13,20,30-31,38H,14-17H2,1-2H3,(H3-,39,40,41,45,46,47,48)/p+1/t20-,30?,31?,44?/m0/s1. The maximum absolute atomic E-state index is 14.4. The van der Waals surface area contributed by atoms with E-state index in [4.69, 9.17) is 11.6 Å². The first-order valence-electron chi connectivity index (χ1n) is 16.3. The van der Waals surface area contributed by atoms with Gasteiger partial charge in [0, 0.05) is 73.9 Å². The monoisotopic (exact) mass is 726 g/mol. The third-order valence-corrected chi connectivity index (χ3v) is 11.8. The summed E-state index contributed by atoms with van der Waals surface area (Å²) in [4.78, 5) is 59.8. The van der Waals surface area contributed by atoms with Crippen LogP contribution in [0.25, 0.3) is 31.9 Å². The molecule has 0 spiro atoms. The summed E-state index contributed by atoms with van der Waals surface area (Å²) in [6.07, 6.45) is -1.09. The molecule has 260 valence electrons. The van der Waals surface area contributed by atoms with Gasteiger partial charge in [-0.15, -0.1) is 22.9 Å². The summed E-state index contributed by atoms with van der Waals surface area (Å²) in [5.74, 6) is -0.125. The summed E-state index contributed by atoms with van der Waals surface area (Å²) < 4.78 is 0.497. The van der Waals surface area contributed by atoms with Crippen LogP contribution in [0.15, 0.2) is 66.0 Å². The van der Waals surface area contributed by atoms with Crippen LogP contribution < -0.4 is 10.6 Å². The number of aromatic amines is 2. The van der Waals surface area contributed by atoms with E-state index < -0.39 is 33.5 Å². The Morgan fingerprint density at radius 2 is 1.76 bits per heavy atom. The largest absolute Gasteiger partial charge is 0.514 e. The normalized spacial score (nSPS) is 21.9. The zero-order valence-corrected chi connectivity index (χ0v) is 29.1. The molecule has 2 aliphatic rings. The van der Waals surface area contributed by atoms with Gasteiger partial charge in [-0.1, -0.05) is 0 Å². The number of nitro groups is 1. The van der Waals surface area contributed by atoms with E-state index in [9.17, 15) is 29.6 Å². The number of rotatable bonds is 7. The molecule has 1 fully saturated rings. The number of thiophene rings is 1.